The summed E-state index contributed by atoms with van der Waals surface area (Å²) in [5.74, 6) is 0. The maximum Gasteiger partial charge on any atom is 0.124 e. The monoisotopic (exact) mass is 363 g/mol. The molecule has 1 N–H and O–H groups in total. The number of para-hydroxylation sites is 1. The zero-order chi connectivity index (χ0) is 17.1. The van der Waals surface area contributed by atoms with E-state index in [-0.39, 0.29) is 0 Å². The van der Waals surface area contributed by atoms with E-state index in [0.717, 1.165) is 32.4 Å². The van der Waals surface area contributed by atoms with Gasteiger partial charge in [0.2, 0.25) is 0 Å². The van der Waals surface area contributed by atoms with Crippen molar-refractivity contribution in [2.24, 2.45) is 5.10 Å². The van der Waals surface area contributed by atoms with E-state index in [2.05, 4.69) is 33.7 Å². The van der Waals surface area contributed by atoms with Gasteiger partial charge < -0.3 is 0 Å². The van der Waals surface area contributed by atoms with Crippen LogP contribution < -0.4 is 5.43 Å². The Morgan fingerprint density at radius 2 is 1.68 bits per heavy atom. The molecular formula is C20H14ClN3S. The number of anilines is 1. The van der Waals surface area contributed by atoms with Gasteiger partial charge in [0.1, 0.15) is 5.01 Å². The first-order valence-electron chi connectivity index (χ1n) is 7.79. The molecule has 0 aliphatic rings. The van der Waals surface area contributed by atoms with Crippen LogP contribution in [0.5, 0.6) is 0 Å². The van der Waals surface area contributed by atoms with Gasteiger partial charge in [-0.2, -0.15) is 5.10 Å². The van der Waals surface area contributed by atoms with Crippen molar-refractivity contribution in [1.82, 2.24) is 4.98 Å². The summed E-state index contributed by atoms with van der Waals surface area (Å²) in [4.78, 5) is 4.68. The molecule has 25 heavy (non-hydrogen) atoms. The normalized spacial score (nSPS) is 11.2. The van der Waals surface area contributed by atoms with Gasteiger partial charge in [-0.15, -0.1) is 11.3 Å². The number of hydrazone groups is 1. The van der Waals surface area contributed by atoms with Crippen LogP contribution in [0.15, 0.2) is 77.9 Å². The molecule has 1 aromatic heterocycles. The van der Waals surface area contributed by atoms with Gasteiger partial charge in [0, 0.05) is 10.6 Å². The van der Waals surface area contributed by atoms with Crippen LogP contribution in [0.1, 0.15) is 5.56 Å². The fourth-order valence-electron chi connectivity index (χ4n) is 2.41. The Hall–Kier alpha value is -2.69. The number of benzene rings is 3. The van der Waals surface area contributed by atoms with Crippen molar-refractivity contribution in [2.75, 3.05) is 5.43 Å². The van der Waals surface area contributed by atoms with Crippen LogP contribution >= 0.6 is 22.9 Å². The third-order valence-electron chi connectivity index (χ3n) is 3.70. The molecule has 0 bridgehead atoms. The molecule has 1 heterocycles. The number of aromatic nitrogens is 1. The lowest BCUT2D eigenvalue weighted by molar-refractivity contribution is 1.35. The zero-order valence-electron chi connectivity index (χ0n) is 13.2. The van der Waals surface area contributed by atoms with E-state index < -0.39 is 0 Å². The van der Waals surface area contributed by atoms with Gasteiger partial charge in [-0.1, -0.05) is 35.9 Å². The number of nitrogens with one attached hydrogen (secondary N) is 1. The highest BCUT2D eigenvalue weighted by atomic mass is 35.5. The quantitative estimate of drug-likeness (QED) is 0.353. The summed E-state index contributed by atoms with van der Waals surface area (Å²) in [6.45, 7) is 0. The summed E-state index contributed by atoms with van der Waals surface area (Å²) in [5.41, 5.74) is 7.09. The second-order valence-electron chi connectivity index (χ2n) is 5.49. The van der Waals surface area contributed by atoms with Crippen LogP contribution in [0.3, 0.4) is 0 Å². The molecule has 0 fully saturated rings. The molecule has 0 unspecified atom stereocenters. The fraction of sp³-hybridized carbons (Fsp3) is 0. The fourth-order valence-corrected chi connectivity index (χ4v) is 3.51. The van der Waals surface area contributed by atoms with Crippen molar-refractivity contribution >= 4 is 45.1 Å². The van der Waals surface area contributed by atoms with E-state index in [1.54, 1.807) is 17.6 Å². The first-order chi connectivity index (χ1) is 12.3. The van der Waals surface area contributed by atoms with Crippen molar-refractivity contribution in [2.45, 2.75) is 0 Å². The molecule has 0 saturated carbocycles. The molecule has 4 rings (SSSR count). The Labute approximate surface area is 154 Å². The van der Waals surface area contributed by atoms with Crippen molar-refractivity contribution in [1.29, 1.82) is 0 Å². The van der Waals surface area contributed by atoms with Crippen molar-refractivity contribution in [3.8, 4) is 10.6 Å². The van der Waals surface area contributed by atoms with Gasteiger partial charge in [0.15, 0.2) is 0 Å². The molecule has 0 radical (unpaired) electrons. The summed E-state index contributed by atoms with van der Waals surface area (Å²) >= 11 is 7.57. The average Bonchev–Trinajstić information content (AvgIpc) is 3.08. The predicted octanol–water partition coefficient (Wildman–Crippen LogP) is 6.06. The van der Waals surface area contributed by atoms with E-state index in [9.17, 15) is 0 Å². The minimum atomic E-state index is 0.718. The van der Waals surface area contributed by atoms with Gasteiger partial charge in [0.05, 0.1) is 22.1 Å². The maximum atomic E-state index is 5.87. The number of hydrogen-bond donors (Lipinski definition) is 1. The molecule has 0 aliphatic carbocycles. The largest absolute Gasteiger partial charge is 0.279 e. The van der Waals surface area contributed by atoms with Gasteiger partial charge in [-0.25, -0.2) is 4.98 Å². The Balaban J connectivity index is 1.47. The number of thiazole rings is 1. The van der Waals surface area contributed by atoms with Crippen molar-refractivity contribution < 1.29 is 0 Å². The molecule has 0 atom stereocenters. The molecule has 0 aliphatic heterocycles. The summed E-state index contributed by atoms with van der Waals surface area (Å²) < 4.78 is 1.20. The number of rotatable bonds is 4. The van der Waals surface area contributed by atoms with Crippen LogP contribution in [0.25, 0.3) is 20.8 Å². The van der Waals surface area contributed by atoms with E-state index in [0.29, 0.717) is 0 Å². The SMILES string of the molecule is Clc1ccc(/C=N\Nc2ccc(-c3nc4ccccc4s3)cc2)cc1. The zero-order valence-corrected chi connectivity index (χ0v) is 14.8. The molecule has 3 aromatic carbocycles. The van der Waals surface area contributed by atoms with Crippen molar-refractivity contribution in [3.63, 3.8) is 0 Å². The van der Waals surface area contributed by atoms with Crippen LogP contribution in [-0.2, 0) is 0 Å². The molecule has 0 spiro atoms. The summed E-state index contributed by atoms with van der Waals surface area (Å²) in [5, 5.41) is 5.99. The van der Waals surface area contributed by atoms with Crippen LogP contribution in [0.2, 0.25) is 5.02 Å². The first kappa shape index (κ1) is 15.8. The van der Waals surface area contributed by atoms with E-state index in [1.165, 1.54) is 4.70 Å². The predicted molar refractivity (Wildman–Crippen MR) is 108 cm³/mol. The highest BCUT2D eigenvalue weighted by Gasteiger charge is 2.05. The van der Waals surface area contributed by atoms with Gasteiger partial charge >= 0.3 is 0 Å². The molecule has 4 aromatic rings. The number of fused-ring (bicyclic) bond motifs is 1. The molecular weight excluding hydrogens is 350 g/mol. The lowest BCUT2D eigenvalue weighted by atomic mass is 10.2. The average molecular weight is 364 g/mol. The molecule has 122 valence electrons. The molecule has 0 amide bonds. The second-order valence-corrected chi connectivity index (χ2v) is 6.95. The number of halogens is 1. The summed E-state index contributed by atoms with van der Waals surface area (Å²) in [6, 6.07) is 23.8. The maximum absolute atomic E-state index is 5.87. The Morgan fingerprint density at radius 3 is 2.44 bits per heavy atom. The van der Waals surface area contributed by atoms with E-state index in [1.807, 2.05) is 54.6 Å². The lowest BCUT2D eigenvalue weighted by Crippen LogP contribution is -1.90. The van der Waals surface area contributed by atoms with Crippen LogP contribution in [0, 0.1) is 0 Å². The first-order valence-corrected chi connectivity index (χ1v) is 8.98. The minimum absolute atomic E-state index is 0.718. The number of hydrogen-bond acceptors (Lipinski definition) is 4. The van der Waals surface area contributed by atoms with Crippen molar-refractivity contribution in [3.05, 3.63) is 83.4 Å². The smallest absolute Gasteiger partial charge is 0.124 e. The Morgan fingerprint density at radius 1 is 0.920 bits per heavy atom. The van der Waals surface area contributed by atoms with Crippen LogP contribution in [-0.4, -0.2) is 11.2 Å². The summed E-state index contributed by atoms with van der Waals surface area (Å²) in [6.07, 6.45) is 1.76. The molecule has 5 heteroatoms. The highest BCUT2D eigenvalue weighted by molar-refractivity contribution is 7.21. The van der Waals surface area contributed by atoms with Gasteiger partial charge in [-0.3, -0.25) is 5.43 Å². The third-order valence-corrected chi connectivity index (χ3v) is 5.04. The highest BCUT2D eigenvalue weighted by Crippen LogP contribution is 2.30. The topological polar surface area (TPSA) is 37.3 Å². The van der Waals surface area contributed by atoms with Gasteiger partial charge in [-0.05, 0) is 54.1 Å². The standard InChI is InChI=1S/C20H14ClN3S/c21-16-9-5-14(6-10-16)13-22-24-17-11-7-15(8-12-17)20-23-18-3-1-2-4-19(18)25-20/h1-13,24H/b22-13-. The molecule has 0 saturated heterocycles. The lowest BCUT2D eigenvalue weighted by Gasteiger charge is -2.01. The third kappa shape index (κ3) is 3.71. The molecule has 3 nitrogen and oxygen atoms in total. The Bertz CT molecular complexity index is 988. The summed E-state index contributed by atoms with van der Waals surface area (Å²) in [7, 11) is 0. The van der Waals surface area contributed by atoms with E-state index in [4.69, 9.17) is 11.6 Å². The Kier molecular flexibility index (Phi) is 4.46. The van der Waals surface area contributed by atoms with Gasteiger partial charge in [0.25, 0.3) is 0 Å². The minimum Gasteiger partial charge on any atom is -0.279 e. The second kappa shape index (κ2) is 7.05. The van der Waals surface area contributed by atoms with E-state index >= 15 is 0 Å². The number of nitrogens with zero attached hydrogens (tertiary/aromatic N) is 2. The van der Waals surface area contributed by atoms with Crippen LogP contribution in [0.4, 0.5) is 5.69 Å².